The number of hydrogen-bond acceptors (Lipinski definition) is 3. The van der Waals surface area contributed by atoms with Gasteiger partial charge in [-0.2, -0.15) is 0 Å². The predicted molar refractivity (Wildman–Crippen MR) is 74.9 cm³/mol. The van der Waals surface area contributed by atoms with E-state index in [1.54, 1.807) is 18.2 Å². The third-order valence-electron chi connectivity index (χ3n) is 2.70. The van der Waals surface area contributed by atoms with Crippen molar-refractivity contribution < 1.29 is 10.2 Å². The number of phenols is 1. The molecule has 1 atom stereocenters. The molecule has 0 aliphatic heterocycles. The summed E-state index contributed by atoms with van der Waals surface area (Å²) < 4.78 is 0. The summed E-state index contributed by atoms with van der Waals surface area (Å²) >= 11 is 5.88. The first-order valence-corrected chi connectivity index (χ1v) is 6.51. The van der Waals surface area contributed by atoms with Crippen molar-refractivity contribution in [2.45, 2.75) is 39.8 Å². The molecule has 1 rings (SSSR count). The van der Waals surface area contributed by atoms with E-state index in [9.17, 15) is 10.2 Å². The van der Waals surface area contributed by atoms with Gasteiger partial charge in [-0.1, -0.05) is 32.4 Å². The molecule has 0 aromatic heterocycles. The van der Waals surface area contributed by atoms with Crippen LogP contribution in [0.4, 0.5) is 0 Å². The highest BCUT2D eigenvalue weighted by molar-refractivity contribution is 6.30. The first-order chi connectivity index (χ1) is 8.31. The van der Waals surface area contributed by atoms with Crippen molar-refractivity contribution in [3.63, 3.8) is 0 Å². The van der Waals surface area contributed by atoms with Gasteiger partial charge in [0.15, 0.2) is 0 Å². The van der Waals surface area contributed by atoms with Gasteiger partial charge >= 0.3 is 0 Å². The van der Waals surface area contributed by atoms with Crippen LogP contribution < -0.4 is 5.32 Å². The van der Waals surface area contributed by atoms with E-state index < -0.39 is 0 Å². The first-order valence-electron chi connectivity index (χ1n) is 6.13. The van der Waals surface area contributed by atoms with Gasteiger partial charge in [0.05, 0.1) is 6.61 Å². The lowest BCUT2D eigenvalue weighted by Gasteiger charge is -2.25. The molecule has 18 heavy (non-hydrogen) atoms. The summed E-state index contributed by atoms with van der Waals surface area (Å²) in [5, 5.41) is 22.9. The average Bonchev–Trinajstić information content (AvgIpc) is 2.27. The molecule has 1 aromatic carbocycles. The van der Waals surface area contributed by atoms with Crippen LogP contribution in [0.3, 0.4) is 0 Å². The second kappa shape index (κ2) is 6.41. The summed E-state index contributed by atoms with van der Waals surface area (Å²) in [6.07, 6.45) is 0.866. The number of halogens is 1. The van der Waals surface area contributed by atoms with E-state index in [0.29, 0.717) is 11.6 Å². The van der Waals surface area contributed by atoms with Crippen molar-refractivity contribution in [3.8, 4) is 5.75 Å². The van der Waals surface area contributed by atoms with E-state index in [0.717, 1.165) is 12.0 Å². The van der Waals surface area contributed by atoms with Gasteiger partial charge in [0.1, 0.15) is 5.75 Å². The van der Waals surface area contributed by atoms with Crippen LogP contribution in [0.25, 0.3) is 0 Å². The van der Waals surface area contributed by atoms with Crippen LogP contribution in [0, 0.1) is 5.41 Å². The van der Waals surface area contributed by atoms with E-state index in [2.05, 4.69) is 26.1 Å². The lowest BCUT2D eigenvalue weighted by molar-refractivity contribution is 0.197. The third kappa shape index (κ3) is 5.25. The first kappa shape index (κ1) is 15.3. The number of aliphatic hydroxyl groups is 1. The molecule has 1 unspecified atom stereocenters. The Bertz CT molecular complexity index is 388. The number of aliphatic hydroxyl groups excluding tert-OH is 1. The van der Waals surface area contributed by atoms with E-state index in [1.165, 1.54) is 0 Å². The summed E-state index contributed by atoms with van der Waals surface area (Å²) in [6.45, 7) is 6.98. The molecule has 0 radical (unpaired) electrons. The molecule has 0 aliphatic carbocycles. The Balaban J connectivity index is 2.60. The molecule has 0 amide bonds. The van der Waals surface area contributed by atoms with Crippen LogP contribution in [0.5, 0.6) is 5.75 Å². The fourth-order valence-electron chi connectivity index (χ4n) is 1.89. The summed E-state index contributed by atoms with van der Waals surface area (Å²) in [7, 11) is 0. The van der Waals surface area contributed by atoms with Gasteiger partial charge in [0.2, 0.25) is 0 Å². The van der Waals surface area contributed by atoms with Crippen molar-refractivity contribution in [2.24, 2.45) is 5.41 Å². The Morgan fingerprint density at radius 2 is 2.00 bits per heavy atom. The normalized spacial score (nSPS) is 13.6. The van der Waals surface area contributed by atoms with Crippen molar-refractivity contribution in [2.75, 3.05) is 6.61 Å². The Morgan fingerprint density at radius 1 is 1.33 bits per heavy atom. The number of aromatic hydroxyl groups is 1. The zero-order chi connectivity index (χ0) is 13.8. The number of phenolic OH excluding ortho intramolecular Hbond substituents is 1. The molecule has 0 bridgehead atoms. The Labute approximate surface area is 114 Å². The summed E-state index contributed by atoms with van der Waals surface area (Å²) in [6, 6.07) is 4.98. The zero-order valence-electron chi connectivity index (χ0n) is 11.2. The van der Waals surface area contributed by atoms with Crippen LogP contribution in [-0.2, 0) is 6.54 Å². The molecule has 0 heterocycles. The molecule has 3 nitrogen and oxygen atoms in total. The van der Waals surface area contributed by atoms with Gasteiger partial charge in [-0.05, 0) is 30.0 Å². The quantitative estimate of drug-likeness (QED) is 0.772. The number of nitrogens with one attached hydrogen (secondary N) is 1. The van der Waals surface area contributed by atoms with Crippen LogP contribution in [0.15, 0.2) is 18.2 Å². The zero-order valence-corrected chi connectivity index (χ0v) is 12.0. The molecule has 4 heteroatoms. The second-order valence-corrected chi connectivity index (χ2v) is 6.23. The molecule has 0 saturated heterocycles. The molecule has 0 spiro atoms. The van der Waals surface area contributed by atoms with Crippen molar-refractivity contribution in [1.29, 1.82) is 0 Å². The van der Waals surface area contributed by atoms with Crippen LogP contribution in [-0.4, -0.2) is 22.9 Å². The van der Waals surface area contributed by atoms with E-state index in [4.69, 9.17) is 11.6 Å². The maximum absolute atomic E-state index is 9.69. The summed E-state index contributed by atoms with van der Waals surface area (Å²) in [4.78, 5) is 0. The molecule has 0 saturated carbocycles. The molecular formula is C14H22ClNO2. The molecule has 0 fully saturated rings. The van der Waals surface area contributed by atoms with Crippen molar-refractivity contribution in [1.82, 2.24) is 5.32 Å². The van der Waals surface area contributed by atoms with Crippen molar-refractivity contribution in [3.05, 3.63) is 28.8 Å². The molecule has 102 valence electrons. The maximum atomic E-state index is 9.69. The van der Waals surface area contributed by atoms with Gasteiger partial charge in [0.25, 0.3) is 0 Å². The van der Waals surface area contributed by atoms with E-state index in [-0.39, 0.29) is 23.8 Å². The minimum Gasteiger partial charge on any atom is -0.508 e. The monoisotopic (exact) mass is 271 g/mol. The maximum Gasteiger partial charge on any atom is 0.120 e. The molecule has 1 aromatic rings. The number of rotatable bonds is 5. The standard InChI is InChI=1S/C14H22ClNO2/c1-14(2,3)7-12(9-17)16-8-10-6-11(15)4-5-13(10)18/h4-6,12,16-18H,7-9H2,1-3H3. The molecule has 0 aliphatic rings. The Hall–Kier alpha value is -0.770. The van der Waals surface area contributed by atoms with E-state index in [1.807, 2.05) is 0 Å². The topological polar surface area (TPSA) is 52.5 Å². The highest BCUT2D eigenvalue weighted by atomic mass is 35.5. The number of benzene rings is 1. The van der Waals surface area contributed by atoms with Crippen LogP contribution in [0.1, 0.15) is 32.8 Å². The largest absolute Gasteiger partial charge is 0.508 e. The van der Waals surface area contributed by atoms with Gasteiger partial charge < -0.3 is 15.5 Å². The molecular weight excluding hydrogens is 250 g/mol. The minimum absolute atomic E-state index is 0.0170. The number of hydrogen-bond donors (Lipinski definition) is 3. The van der Waals surface area contributed by atoms with Crippen LogP contribution >= 0.6 is 11.6 Å². The lowest BCUT2D eigenvalue weighted by atomic mass is 9.88. The Morgan fingerprint density at radius 3 is 2.56 bits per heavy atom. The van der Waals surface area contributed by atoms with Crippen LogP contribution in [0.2, 0.25) is 5.02 Å². The van der Waals surface area contributed by atoms with Crippen molar-refractivity contribution >= 4 is 11.6 Å². The molecule has 3 N–H and O–H groups in total. The SMILES string of the molecule is CC(C)(C)CC(CO)NCc1cc(Cl)ccc1O. The van der Waals surface area contributed by atoms with E-state index >= 15 is 0 Å². The highest BCUT2D eigenvalue weighted by Gasteiger charge is 2.18. The summed E-state index contributed by atoms with van der Waals surface area (Å²) in [5.41, 5.74) is 0.895. The lowest BCUT2D eigenvalue weighted by Crippen LogP contribution is -2.35. The van der Waals surface area contributed by atoms with Gasteiger partial charge in [-0.3, -0.25) is 0 Å². The minimum atomic E-state index is 0.0170. The predicted octanol–water partition coefficient (Wildman–Crippen LogP) is 2.93. The summed E-state index contributed by atoms with van der Waals surface area (Å²) in [5.74, 6) is 0.222. The van der Waals surface area contributed by atoms with Gasteiger partial charge in [-0.15, -0.1) is 0 Å². The fraction of sp³-hybridized carbons (Fsp3) is 0.571. The smallest absolute Gasteiger partial charge is 0.120 e. The van der Waals surface area contributed by atoms with Gasteiger partial charge in [-0.25, -0.2) is 0 Å². The average molecular weight is 272 g/mol. The highest BCUT2D eigenvalue weighted by Crippen LogP contribution is 2.23. The van der Waals surface area contributed by atoms with Gasteiger partial charge in [0, 0.05) is 23.2 Å². The Kier molecular flexibility index (Phi) is 5.45. The fourth-order valence-corrected chi connectivity index (χ4v) is 2.09. The second-order valence-electron chi connectivity index (χ2n) is 5.80. The third-order valence-corrected chi connectivity index (χ3v) is 2.94.